The van der Waals surface area contributed by atoms with Crippen LogP contribution in [0.4, 0.5) is 13.2 Å². The third kappa shape index (κ3) is 3.74. The van der Waals surface area contributed by atoms with Gasteiger partial charge in [-0.05, 0) is 6.07 Å². The van der Waals surface area contributed by atoms with Crippen LogP contribution in [0.2, 0.25) is 10.3 Å². The van der Waals surface area contributed by atoms with Gasteiger partial charge in [0.15, 0.2) is 0 Å². The van der Waals surface area contributed by atoms with E-state index in [4.69, 9.17) is 23.2 Å². The Bertz CT molecular complexity index is 449. The highest BCUT2D eigenvalue weighted by Crippen LogP contribution is 2.36. The maximum absolute atomic E-state index is 12.6. The summed E-state index contributed by atoms with van der Waals surface area (Å²) in [5, 5.41) is -0.819. The van der Waals surface area contributed by atoms with Crippen molar-refractivity contribution in [3.63, 3.8) is 0 Å². The second kappa shape index (κ2) is 5.10. The molecule has 0 aromatic carbocycles. The second-order valence-electron chi connectivity index (χ2n) is 3.04. The van der Waals surface area contributed by atoms with Crippen LogP contribution < -0.4 is 0 Å². The maximum Gasteiger partial charge on any atom is 0.417 e. The van der Waals surface area contributed by atoms with Crippen molar-refractivity contribution in [1.29, 1.82) is 0 Å². The zero-order chi connectivity index (χ0) is 13.2. The molecule has 0 aliphatic carbocycles. The molecule has 0 saturated heterocycles. The van der Waals surface area contributed by atoms with Crippen LogP contribution in [-0.4, -0.2) is 11.0 Å². The number of carbonyl (C=O) groups is 1. The van der Waals surface area contributed by atoms with Gasteiger partial charge in [-0.15, -0.1) is 0 Å². The van der Waals surface area contributed by atoms with Gasteiger partial charge in [-0.1, -0.05) is 23.2 Å². The summed E-state index contributed by atoms with van der Waals surface area (Å²) < 4.78 is 42.4. The van der Waals surface area contributed by atoms with Gasteiger partial charge in [-0.2, -0.15) is 13.2 Å². The first-order valence-corrected chi connectivity index (χ1v) is 5.03. The fraction of sp³-hybridized carbons (Fsp3) is 0.333. The summed E-state index contributed by atoms with van der Waals surface area (Å²) in [5.74, 6) is -0.718. The lowest BCUT2D eigenvalue weighted by Gasteiger charge is -2.13. The third-order valence-electron chi connectivity index (χ3n) is 1.77. The van der Waals surface area contributed by atoms with E-state index >= 15 is 0 Å². The van der Waals surface area contributed by atoms with Crippen LogP contribution in [-0.2, 0) is 22.3 Å². The summed E-state index contributed by atoms with van der Waals surface area (Å²) in [5.41, 5.74) is -1.48. The quantitative estimate of drug-likeness (QED) is 0.618. The summed E-state index contributed by atoms with van der Waals surface area (Å²) >= 11 is 10.9. The smallest absolute Gasteiger partial charge is 0.417 e. The van der Waals surface area contributed by atoms with Crippen molar-refractivity contribution >= 4 is 29.2 Å². The molecule has 0 aliphatic heterocycles. The Hall–Kier alpha value is -1.01. The lowest BCUT2D eigenvalue weighted by Crippen LogP contribution is -2.12. The summed E-state index contributed by atoms with van der Waals surface area (Å²) in [6.07, 6.45) is -4.65. The van der Waals surface area contributed by atoms with Crippen molar-refractivity contribution < 1.29 is 22.7 Å². The van der Waals surface area contributed by atoms with E-state index in [-0.39, 0.29) is 5.15 Å². The van der Waals surface area contributed by atoms with Crippen molar-refractivity contribution in [2.45, 2.75) is 19.7 Å². The van der Waals surface area contributed by atoms with Gasteiger partial charge in [0.2, 0.25) is 0 Å². The molecule has 1 heterocycles. The van der Waals surface area contributed by atoms with Crippen molar-refractivity contribution in [3.8, 4) is 0 Å². The first-order chi connectivity index (χ1) is 7.71. The molecular weight excluding hydrogens is 282 g/mol. The van der Waals surface area contributed by atoms with E-state index in [0.29, 0.717) is 6.07 Å². The van der Waals surface area contributed by atoms with Gasteiger partial charge in [0, 0.05) is 12.5 Å². The van der Waals surface area contributed by atoms with Gasteiger partial charge in [0.1, 0.15) is 16.9 Å². The normalized spacial score (nSPS) is 11.4. The number of hydrogen-bond acceptors (Lipinski definition) is 3. The van der Waals surface area contributed by atoms with Crippen LogP contribution in [0.15, 0.2) is 6.07 Å². The number of alkyl halides is 3. The number of aromatic nitrogens is 1. The highest BCUT2D eigenvalue weighted by Gasteiger charge is 2.35. The number of hydrogen-bond donors (Lipinski definition) is 0. The Morgan fingerprint density at radius 2 is 2.06 bits per heavy atom. The van der Waals surface area contributed by atoms with E-state index in [1.807, 2.05) is 0 Å². The molecule has 0 saturated carbocycles. The van der Waals surface area contributed by atoms with Crippen molar-refractivity contribution in [3.05, 3.63) is 27.5 Å². The Morgan fingerprint density at radius 3 is 2.53 bits per heavy atom. The number of carbonyl (C=O) groups excluding carboxylic acids is 1. The topological polar surface area (TPSA) is 39.2 Å². The fourth-order valence-corrected chi connectivity index (χ4v) is 1.56. The predicted octanol–water partition coefficient (Wildman–Crippen LogP) is 3.47. The molecule has 0 unspecified atom stereocenters. The number of nitrogens with zero attached hydrogens (tertiary/aromatic N) is 1. The summed E-state index contributed by atoms with van der Waals surface area (Å²) in [4.78, 5) is 14.0. The molecule has 1 aromatic rings. The van der Waals surface area contributed by atoms with Crippen LogP contribution >= 0.6 is 23.2 Å². The minimum Gasteiger partial charge on any atom is -0.461 e. The van der Waals surface area contributed by atoms with Gasteiger partial charge in [-0.3, -0.25) is 4.79 Å². The molecule has 8 heteroatoms. The SMILES string of the molecule is CC(=O)OCc1c(C(F)(F)F)cc(Cl)nc1Cl. The molecule has 0 fully saturated rings. The Balaban J connectivity index is 3.21. The van der Waals surface area contributed by atoms with Crippen LogP contribution in [0, 0.1) is 0 Å². The minimum atomic E-state index is -4.65. The molecule has 3 nitrogen and oxygen atoms in total. The van der Waals surface area contributed by atoms with E-state index in [1.54, 1.807) is 0 Å². The highest BCUT2D eigenvalue weighted by atomic mass is 35.5. The molecule has 0 atom stereocenters. The van der Waals surface area contributed by atoms with Gasteiger partial charge in [0.05, 0.1) is 5.56 Å². The molecule has 17 heavy (non-hydrogen) atoms. The van der Waals surface area contributed by atoms with Gasteiger partial charge >= 0.3 is 12.1 Å². The number of pyridine rings is 1. The molecule has 0 amide bonds. The number of ether oxygens (including phenoxy) is 1. The van der Waals surface area contributed by atoms with E-state index in [2.05, 4.69) is 9.72 Å². The Labute approximate surface area is 104 Å². The monoisotopic (exact) mass is 287 g/mol. The van der Waals surface area contributed by atoms with E-state index in [9.17, 15) is 18.0 Å². The largest absolute Gasteiger partial charge is 0.461 e. The van der Waals surface area contributed by atoms with Gasteiger partial charge < -0.3 is 4.74 Å². The molecule has 0 spiro atoms. The molecule has 0 aliphatic rings. The molecular formula is C9H6Cl2F3NO2. The van der Waals surface area contributed by atoms with Gasteiger partial charge in [-0.25, -0.2) is 4.98 Å². The highest BCUT2D eigenvalue weighted by molar-refractivity contribution is 6.33. The zero-order valence-corrected chi connectivity index (χ0v) is 9.95. The molecule has 1 rings (SSSR count). The average molecular weight is 288 g/mol. The second-order valence-corrected chi connectivity index (χ2v) is 3.79. The number of esters is 1. The fourth-order valence-electron chi connectivity index (χ4n) is 1.07. The first kappa shape index (κ1) is 14.1. The maximum atomic E-state index is 12.6. The van der Waals surface area contributed by atoms with Crippen LogP contribution in [0.3, 0.4) is 0 Å². The lowest BCUT2D eigenvalue weighted by atomic mass is 10.1. The summed E-state index contributed by atoms with van der Waals surface area (Å²) in [7, 11) is 0. The standard InChI is InChI=1S/C9H6Cl2F3NO2/c1-4(16)17-3-5-6(9(12,13)14)2-7(10)15-8(5)11/h2H,3H2,1H3. The van der Waals surface area contributed by atoms with E-state index < -0.39 is 35.0 Å². The summed E-state index contributed by atoms with van der Waals surface area (Å²) in [6, 6.07) is 0.631. The first-order valence-electron chi connectivity index (χ1n) is 4.27. The third-order valence-corrected chi connectivity index (χ3v) is 2.27. The average Bonchev–Trinajstić information content (AvgIpc) is 2.13. The molecule has 0 bridgehead atoms. The Morgan fingerprint density at radius 1 is 1.47 bits per heavy atom. The molecule has 0 N–H and O–H groups in total. The van der Waals surface area contributed by atoms with Crippen LogP contribution in [0.5, 0.6) is 0 Å². The molecule has 1 aromatic heterocycles. The lowest BCUT2D eigenvalue weighted by molar-refractivity contribution is -0.145. The number of rotatable bonds is 2. The van der Waals surface area contributed by atoms with Crippen molar-refractivity contribution in [1.82, 2.24) is 4.98 Å². The minimum absolute atomic E-state index is 0.381. The van der Waals surface area contributed by atoms with Crippen LogP contribution in [0.1, 0.15) is 18.1 Å². The van der Waals surface area contributed by atoms with E-state index in [1.165, 1.54) is 0 Å². The number of halogens is 5. The molecule has 0 radical (unpaired) electrons. The van der Waals surface area contributed by atoms with Crippen LogP contribution in [0.25, 0.3) is 0 Å². The van der Waals surface area contributed by atoms with Gasteiger partial charge in [0.25, 0.3) is 0 Å². The predicted molar refractivity (Wildman–Crippen MR) is 54.7 cm³/mol. The Kier molecular flexibility index (Phi) is 4.21. The summed E-state index contributed by atoms with van der Waals surface area (Å²) in [6.45, 7) is 0.470. The zero-order valence-electron chi connectivity index (χ0n) is 8.44. The molecule has 94 valence electrons. The van der Waals surface area contributed by atoms with Crippen molar-refractivity contribution in [2.75, 3.05) is 0 Å². The van der Waals surface area contributed by atoms with E-state index in [0.717, 1.165) is 6.92 Å². The van der Waals surface area contributed by atoms with Crippen molar-refractivity contribution in [2.24, 2.45) is 0 Å².